The van der Waals surface area contributed by atoms with Crippen LogP contribution in [0.3, 0.4) is 0 Å². The van der Waals surface area contributed by atoms with Gasteiger partial charge in [-0.3, -0.25) is 25.0 Å². The molecule has 0 saturated carbocycles. The lowest BCUT2D eigenvalue weighted by molar-refractivity contribution is -0.394. The second kappa shape index (κ2) is 10.1. The molecule has 0 aliphatic heterocycles. The number of nitro groups is 2. The van der Waals surface area contributed by atoms with Gasteiger partial charge in [0.15, 0.2) is 0 Å². The molecular formula is C20H12ClN5O7. The summed E-state index contributed by atoms with van der Waals surface area (Å²) >= 11 is 5.77. The number of amides is 1. The fraction of sp³-hybridized carbons (Fsp3) is 0. The number of anilines is 1. The van der Waals surface area contributed by atoms with Gasteiger partial charge >= 0.3 is 5.97 Å². The molecule has 0 fully saturated rings. The summed E-state index contributed by atoms with van der Waals surface area (Å²) in [4.78, 5) is 49.1. The van der Waals surface area contributed by atoms with Crippen LogP contribution >= 0.6 is 11.6 Å². The minimum atomic E-state index is -1.07. The van der Waals surface area contributed by atoms with Crippen molar-refractivity contribution >= 4 is 46.2 Å². The van der Waals surface area contributed by atoms with Crippen LogP contribution in [0.5, 0.6) is 0 Å². The monoisotopic (exact) mass is 469 g/mol. The second-order valence-electron chi connectivity index (χ2n) is 6.30. The summed E-state index contributed by atoms with van der Waals surface area (Å²) in [6.45, 7) is 0. The summed E-state index contributed by atoms with van der Waals surface area (Å²) in [7, 11) is 0. The molecule has 0 saturated heterocycles. The summed E-state index contributed by atoms with van der Waals surface area (Å²) in [5.41, 5.74) is 1.64. The van der Waals surface area contributed by atoms with Crippen LogP contribution < -0.4 is 5.48 Å². The van der Waals surface area contributed by atoms with E-state index in [2.05, 4.69) is 15.7 Å². The van der Waals surface area contributed by atoms with Gasteiger partial charge in [0.05, 0.1) is 32.9 Å². The topological polar surface area (TPSA) is 166 Å². The number of carbonyl (C=O) groups is 2. The first-order chi connectivity index (χ1) is 15.7. The van der Waals surface area contributed by atoms with Gasteiger partial charge in [0.25, 0.3) is 17.3 Å². The molecule has 0 spiro atoms. The highest BCUT2D eigenvalue weighted by atomic mass is 35.5. The van der Waals surface area contributed by atoms with Gasteiger partial charge in [0, 0.05) is 22.7 Å². The fourth-order valence-electron chi connectivity index (χ4n) is 2.44. The number of hydrogen-bond acceptors (Lipinski definition) is 9. The van der Waals surface area contributed by atoms with Crippen molar-refractivity contribution in [2.24, 2.45) is 10.2 Å². The first-order valence-corrected chi connectivity index (χ1v) is 9.33. The molecule has 12 nitrogen and oxygen atoms in total. The smallest absolute Gasteiger partial charge is 0.338 e. The normalized spacial score (nSPS) is 10.6. The van der Waals surface area contributed by atoms with Crippen LogP contribution in [-0.2, 0) is 4.84 Å². The van der Waals surface area contributed by atoms with Crippen LogP contribution in [0.25, 0.3) is 0 Å². The van der Waals surface area contributed by atoms with Crippen molar-refractivity contribution in [1.82, 2.24) is 0 Å². The SMILES string of the molecule is O=C(N=Nc1ccc(NOC(=O)c2cc([N+](=O)[O-])cc([N+](=O)[O-])c2)cc1)c1ccc(Cl)cc1. The Morgan fingerprint density at radius 3 is 1.97 bits per heavy atom. The molecule has 0 unspecified atom stereocenters. The minimum absolute atomic E-state index is 0.297. The number of nitrogens with one attached hydrogen (secondary N) is 1. The number of non-ortho nitro benzene ring substituents is 2. The Morgan fingerprint density at radius 2 is 1.42 bits per heavy atom. The quantitative estimate of drug-likeness (QED) is 0.277. The van der Waals surface area contributed by atoms with Crippen LogP contribution in [0.15, 0.2) is 77.0 Å². The van der Waals surface area contributed by atoms with Gasteiger partial charge in [-0.25, -0.2) is 10.3 Å². The molecule has 1 amide bonds. The largest absolute Gasteiger partial charge is 0.363 e. The highest BCUT2D eigenvalue weighted by Gasteiger charge is 2.21. The molecule has 3 aromatic carbocycles. The summed E-state index contributed by atoms with van der Waals surface area (Å²) in [5.74, 6) is -1.63. The van der Waals surface area contributed by atoms with E-state index in [0.29, 0.717) is 22.0 Å². The van der Waals surface area contributed by atoms with Gasteiger partial charge in [-0.15, -0.1) is 10.2 Å². The molecule has 166 valence electrons. The standard InChI is InChI=1S/C20H12ClN5O7/c21-14-3-1-12(2-4-14)19(27)23-22-15-5-7-16(8-6-15)24-33-20(28)13-9-17(25(29)30)11-18(10-13)26(31)32/h1-11,24H. The Labute approximate surface area is 189 Å². The number of rotatable bonds is 7. The molecule has 0 aliphatic carbocycles. The second-order valence-corrected chi connectivity index (χ2v) is 6.74. The average Bonchev–Trinajstić information content (AvgIpc) is 2.81. The Balaban J connectivity index is 1.63. The summed E-state index contributed by atoms with van der Waals surface area (Å²) in [6, 6.07) is 14.5. The molecule has 0 aliphatic rings. The van der Waals surface area contributed by atoms with Crippen LogP contribution in [0.1, 0.15) is 20.7 Å². The maximum Gasteiger partial charge on any atom is 0.363 e. The molecule has 0 aromatic heterocycles. The van der Waals surface area contributed by atoms with Crippen molar-refractivity contribution in [3.05, 3.63) is 103 Å². The molecule has 0 heterocycles. The van der Waals surface area contributed by atoms with Gasteiger partial charge in [0.1, 0.15) is 0 Å². The molecule has 0 atom stereocenters. The van der Waals surface area contributed by atoms with Crippen LogP contribution in [0, 0.1) is 20.2 Å². The van der Waals surface area contributed by atoms with Crippen molar-refractivity contribution < 1.29 is 24.3 Å². The molecule has 1 N–H and O–H groups in total. The summed E-state index contributed by atoms with van der Waals surface area (Å²) in [6.07, 6.45) is 0. The van der Waals surface area contributed by atoms with Crippen molar-refractivity contribution in [1.29, 1.82) is 0 Å². The van der Waals surface area contributed by atoms with Crippen LogP contribution in [0.2, 0.25) is 5.02 Å². The molecule has 13 heteroatoms. The minimum Gasteiger partial charge on any atom is -0.338 e. The van der Waals surface area contributed by atoms with E-state index in [1.807, 2.05) is 0 Å². The number of benzene rings is 3. The molecule has 0 radical (unpaired) electrons. The third-order valence-electron chi connectivity index (χ3n) is 4.04. The fourth-order valence-corrected chi connectivity index (χ4v) is 2.56. The Kier molecular flexibility index (Phi) is 7.00. The van der Waals surface area contributed by atoms with Crippen molar-refractivity contribution in [3.8, 4) is 0 Å². The van der Waals surface area contributed by atoms with E-state index in [9.17, 15) is 29.8 Å². The first-order valence-electron chi connectivity index (χ1n) is 8.95. The van der Waals surface area contributed by atoms with E-state index < -0.39 is 33.1 Å². The molecule has 3 aromatic rings. The molecule has 33 heavy (non-hydrogen) atoms. The lowest BCUT2D eigenvalue weighted by Gasteiger charge is -2.07. The predicted molar refractivity (Wildman–Crippen MR) is 116 cm³/mol. The maximum atomic E-state index is 12.2. The van der Waals surface area contributed by atoms with Crippen LogP contribution in [-0.4, -0.2) is 21.7 Å². The number of halogens is 1. The van der Waals surface area contributed by atoms with Crippen LogP contribution in [0.4, 0.5) is 22.7 Å². The molecule has 3 rings (SSSR count). The van der Waals surface area contributed by atoms with Gasteiger partial charge in [-0.1, -0.05) is 11.6 Å². The number of azo groups is 1. The third-order valence-corrected chi connectivity index (χ3v) is 4.29. The summed E-state index contributed by atoms with van der Waals surface area (Å²) < 4.78 is 0. The van der Waals surface area contributed by atoms with E-state index >= 15 is 0 Å². The van der Waals surface area contributed by atoms with Crippen molar-refractivity contribution in [2.45, 2.75) is 0 Å². The number of nitro benzene ring substituents is 2. The number of hydrogen-bond donors (Lipinski definition) is 1. The molecule has 0 bridgehead atoms. The first kappa shape index (κ1) is 23.0. The Morgan fingerprint density at radius 1 is 0.848 bits per heavy atom. The van der Waals surface area contributed by atoms with Crippen molar-refractivity contribution in [2.75, 3.05) is 5.48 Å². The van der Waals surface area contributed by atoms with E-state index in [1.165, 1.54) is 36.4 Å². The third kappa shape index (κ3) is 6.15. The van der Waals surface area contributed by atoms with Gasteiger partial charge in [-0.05, 0) is 48.5 Å². The summed E-state index contributed by atoms with van der Waals surface area (Å²) in [5, 5.41) is 29.8. The Bertz CT molecular complexity index is 1230. The number of nitrogens with zero attached hydrogens (tertiary/aromatic N) is 4. The number of carbonyl (C=O) groups excluding carboxylic acids is 2. The predicted octanol–water partition coefficient (Wildman–Crippen LogP) is 5.26. The zero-order chi connectivity index (χ0) is 24.0. The van der Waals surface area contributed by atoms with E-state index in [4.69, 9.17) is 16.4 Å². The zero-order valence-corrected chi connectivity index (χ0v) is 17.1. The van der Waals surface area contributed by atoms with Gasteiger partial charge in [-0.2, -0.15) is 0 Å². The Hall–Kier alpha value is -4.71. The van der Waals surface area contributed by atoms with Gasteiger partial charge < -0.3 is 4.84 Å². The molecular weight excluding hydrogens is 458 g/mol. The van der Waals surface area contributed by atoms with E-state index in [1.54, 1.807) is 12.1 Å². The van der Waals surface area contributed by atoms with Crippen molar-refractivity contribution in [3.63, 3.8) is 0 Å². The highest BCUT2D eigenvalue weighted by Crippen LogP contribution is 2.24. The highest BCUT2D eigenvalue weighted by molar-refractivity contribution is 6.30. The maximum absolute atomic E-state index is 12.2. The lowest BCUT2D eigenvalue weighted by atomic mass is 10.2. The van der Waals surface area contributed by atoms with E-state index in [-0.39, 0.29) is 5.56 Å². The average molecular weight is 470 g/mol. The van der Waals surface area contributed by atoms with Gasteiger partial charge in [0.2, 0.25) is 0 Å². The zero-order valence-electron chi connectivity index (χ0n) is 16.4. The van der Waals surface area contributed by atoms with E-state index in [0.717, 1.165) is 18.2 Å². The lowest BCUT2D eigenvalue weighted by Crippen LogP contribution is -2.11.